The molecular formula is C17H20N4O3. The summed E-state index contributed by atoms with van der Waals surface area (Å²) in [4.78, 5) is 22.3. The molecule has 1 aromatic heterocycles. The fourth-order valence-corrected chi connectivity index (χ4v) is 2.88. The summed E-state index contributed by atoms with van der Waals surface area (Å²) in [6.07, 6.45) is 4.17. The third-order valence-electron chi connectivity index (χ3n) is 4.08. The van der Waals surface area contributed by atoms with Gasteiger partial charge in [-0.2, -0.15) is 0 Å². The number of aryl methyl sites for hydroxylation is 1. The number of benzene rings is 1. The molecular weight excluding hydrogens is 308 g/mol. The minimum atomic E-state index is -0.981. The van der Waals surface area contributed by atoms with Crippen LogP contribution in [-0.2, 0) is 22.6 Å². The first-order valence-corrected chi connectivity index (χ1v) is 8.17. The van der Waals surface area contributed by atoms with Gasteiger partial charge in [0, 0.05) is 30.6 Å². The van der Waals surface area contributed by atoms with E-state index in [1.165, 1.54) is 6.42 Å². The van der Waals surface area contributed by atoms with Crippen LogP contribution < -0.4 is 5.32 Å². The Morgan fingerprint density at radius 3 is 2.88 bits per heavy atom. The van der Waals surface area contributed by atoms with Gasteiger partial charge in [0.2, 0.25) is 5.91 Å². The maximum Gasteiger partial charge on any atom is 0.303 e. The summed E-state index contributed by atoms with van der Waals surface area (Å²) >= 11 is 0. The maximum absolute atomic E-state index is 11.8. The quantitative estimate of drug-likeness (QED) is 0.879. The second kappa shape index (κ2) is 7.25. The van der Waals surface area contributed by atoms with Crippen molar-refractivity contribution in [3.8, 4) is 11.4 Å². The topological polar surface area (TPSA) is 97.1 Å². The highest BCUT2D eigenvalue weighted by molar-refractivity contribution is 5.92. The van der Waals surface area contributed by atoms with Gasteiger partial charge in [-0.1, -0.05) is 18.6 Å². The van der Waals surface area contributed by atoms with E-state index in [0.717, 1.165) is 43.0 Å². The summed E-state index contributed by atoms with van der Waals surface area (Å²) < 4.78 is 2.15. The number of hydrogen-bond donors (Lipinski definition) is 2. The standard InChI is InChI=1S/C17H20N4O3/c22-15(8-9-16(23)24)18-13-6-4-5-12(11-13)17-20-19-14-7-2-1-3-10-21(14)17/h4-6,11H,1-3,7-10H2,(H,18,22)(H,23,24). The first kappa shape index (κ1) is 16.2. The van der Waals surface area contributed by atoms with Crippen LogP contribution in [0.1, 0.15) is 37.9 Å². The summed E-state index contributed by atoms with van der Waals surface area (Å²) in [6, 6.07) is 7.41. The number of anilines is 1. The van der Waals surface area contributed by atoms with Crippen molar-refractivity contribution in [1.82, 2.24) is 14.8 Å². The molecule has 0 atom stereocenters. The molecule has 2 N–H and O–H groups in total. The number of aliphatic carboxylic acids is 1. The number of rotatable bonds is 5. The molecule has 1 aliphatic rings. The van der Waals surface area contributed by atoms with Crippen LogP contribution in [0.4, 0.5) is 5.69 Å². The van der Waals surface area contributed by atoms with Gasteiger partial charge in [-0.25, -0.2) is 0 Å². The number of fused-ring (bicyclic) bond motifs is 1. The van der Waals surface area contributed by atoms with Crippen molar-refractivity contribution in [1.29, 1.82) is 0 Å². The predicted molar refractivity (Wildman–Crippen MR) is 88.5 cm³/mol. The number of amides is 1. The van der Waals surface area contributed by atoms with E-state index < -0.39 is 5.97 Å². The molecule has 1 aromatic carbocycles. The zero-order valence-corrected chi connectivity index (χ0v) is 13.4. The average Bonchev–Trinajstić information content (AvgIpc) is 2.82. The van der Waals surface area contributed by atoms with E-state index in [4.69, 9.17) is 5.11 Å². The van der Waals surface area contributed by atoms with Crippen LogP contribution in [-0.4, -0.2) is 31.7 Å². The Labute approximate surface area is 139 Å². The van der Waals surface area contributed by atoms with Crippen molar-refractivity contribution in [2.24, 2.45) is 0 Å². The number of nitrogens with one attached hydrogen (secondary N) is 1. The van der Waals surface area contributed by atoms with E-state index in [0.29, 0.717) is 5.69 Å². The third-order valence-corrected chi connectivity index (χ3v) is 4.08. The monoisotopic (exact) mass is 328 g/mol. The van der Waals surface area contributed by atoms with E-state index in [1.807, 2.05) is 18.2 Å². The van der Waals surface area contributed by atoms with E-state index in [2.05, 4.69) is 20.1 Å². The van der Waals surface area contributed by atoms with E-state index >= 15 is 0 Å². The molecule has 0 saturated carbocycles. The Hall–Kier alpha value is -2.70. The molecule has 0 aliphatic carbocycles. The fraction of sp³-hybridized carbons (Fsp3) is 0.412. The lowest BCUT2D eigenvalue weighted by molar-refractivity contribution is -0.138. The van der Waals surface area contributed by atoms with Gasteiger partial charge in [-0.3, -0.25) is 9.59 Å². The Morgan fingerprint density at radius 1 is 1.17 bits per heavy atom. The predicted octanol–water partition coefficient (Wildman–Crippen LogP) is 2.47. The zero-order valence-electron chi connectivity index (χ0n) is 13.4. The summed E-state index contributed by atoms with van der Waals surface area (Å²) in [6.45, 7) is 0.910. The van der Waals surface area contributed by atoms with Crippen molar-refractivity contribution in [3.05, 3.63) is 30.1 Å². The number of carbonyl (C=O) groups is 2. The molecule has 7 nitrogen and oxygen atoms in total. The van der Waals surface area contributed by atoms with Gasteiger partial charge in [0.1, 0.15) is 5.82 Å². The highest BCUT2D eigenvalue weighted by Gasteiger charge is 2.16. The molecule has 1 aliphatic heterocycles. The molecule has 126 valence electrons. The molecule has 0 unspecified atom stereocenters. The van der Waals surface area contributed by atoms with Crippen LogP contribution in [0, 0.1) is 0 Å². The van der Waals surface area contributed by atoms with Gasteiger partial charge >= 0.3 is 5.97 Å². The number of carboxylic acid groups (broad SMARTS) is 1. The van der Waals surface area contributed by atoms with E-state index in [9.17, 15) is 9.59 Å². The van der Waals surface area contributed by atoms with Crippen molar-refractivity contribution >= 4 is 17.6 Å². The lowest BCUT2D eigenvalue weighted by Gasteiger charge is -2.09. The molecule has 3 rings (SSSR count). The minimum Gasteiger partial charge on any atom is -0.481 e. The Bertz CT molecular complexity index is 754. The number of nitrogens with zero attached hydrogens (tertiary/aromatic N) is 3. The Kier molecular flexibility index (Phi) is 4.88. The molecule has 2 aromatic rings. The lowest BCUT2D eigenvalue weighted by atomic mass is 10.1. The van der Waals surface area contributed by atoms with Gasteiger partial charge in [0.25, 0.3) is 0 Å². The van der Waals surface area contributed by atoms with Crippen LogP contribution in [0.5, 0.6) is 0 Å². The van der Waals surface area contributed by atoms with Gasteiger partial charge in [-0.15, -0.1) is 10.2 Å². The van der Waals surface area contributed by atoms with Crippen molar-refractivity contribution < 1.29 is 14.7 Å². The maximum atomic E-state index is 11.8. The number of carbonyl (C=O) groups excluding carboxylic acids is 1. The van der Waals surface area contributed by atoms with Crippen LogP contribution in [0.3, 0.4) is 0 Å². The SMILES string of the molecule is O=C(O)CCC(=O)Nc1cccc(-c2nnc3n2CCCCC3)c1. The molecule has 2 heterocycles. The summed E-state index contributed by atoms with van der Waals surface area (Å²) in [5.41, 5.74) is 1.53. The highest BCUT2D eigenvalue weighted by Crippen LogP contribution is 2.24. The first-order valence-electron chi connectivity index (χ1n) is 8.17. The Morgan fingerprint density at radius 2 is 2.04 bits per heavy atom. The largest absolute Gasteiger partial charge is 0.481 e. The number of aromatic nitrogens is 3. The average molecular weight is 328 g/mol. The van der Waals surface area contributed by atoms with Crippen LogP contribution in [0.2, 0.25) is 0 Å². The van der Waals surface area contributed by atoms with Crippen molar-refractivity contribution in [2.45, 2.75) is 45.1 Å². The second-order valence-electron chi connectivity index (χ2n) is 5.92. The zero-order chi connectivity index (χ0) is 16.9. The smallest absolute Gasteiger partial charge is 0.303 e. The number of hydrogen-bond acceptors (Lipinski definition) is 4. The molecule has 0 spiro atoms. The summed E-state index contributed by atoms with van der Waals surface area (Å²) in [5.74, 6) is 0.534. The second-order valence-corrected chi connectivity index (χ2v) is 5.92. The van der Waals surface area contributed by atoms with Gasteiger partial charge in [-0.05, 0) is 25.0 Å². The Balaban J connectivity index is 1.77. The molecule has 0 radical (unpaired) electrons. The highest BCUT2D eigenvalue weighted by atomic mass is 16.4. The van der Waals surface area contributed by atoms with Gasteiger partial charge < -0.3 is 15.0 Å². The van der Waals surface area contributed by atoms with Gasteiger partial charge in [0.05, 0.1) is 6.42 Å². The molecule has 0 bridgehead atoms. The molecule has 1 amide bonds. The molecule has 0 saturated heterocycles. The lowest BCUT2D eigenvalue weighted by Crippen LogP contribution is -2.13. The fourth-order valence-electron chi connectivity index (χ4n) is 2.88. The van der Waals surface area contributed by atoms with Crippen LogP contribution in [0.15, 0.2) is 24.3 Å². The van der Waals surface area contributed by atoms with Crippen molar-refractivity contribution in [3.63, 3.8) is 0 Å². The minimum absolute atomic E-state index is 0.0418. The summed E-state index contributed by atoms with van der Waals surface area (Å²) in [5, 5.41) is 20.0. The molecule has 24 heavy (non-hydrogen) atoms. The van der Waals surface area contributed by atoms with Crippen LogP contribution >= 0.6 is 0 Å². The van der Waals surface area contributed by atoms with Crippen LogP contribution in [0.25, 0.3) is 11.4 Å². The first-order chi connectivity index (χ1) is 11.6. The number of carboxylic acids is 1. The molecule has 0 fully saturated rings. The van der Waals surface area contributed by atoms with E-state index in [-0.39, 0.29) is 18.7 Å². The van der Waals surface area contributed by atoms with Crippen molar-refractivity contribution in [2.75, 3.05) is 5.32 Å². The third kappa shape index (κ3) is 3.79. The normalized spacial score (nSPS) is 13.8. The van der Waals surface area contributed by atoms with E-state index in [1.54, 1.807) is 6.07 Å². The summed E-state index contributed by atoms with van der Waals surface area (Å²) in [7, 11) is 0. The molecule has 7 heteroatoms. The van der Waals surface area contributed by atoms with Gasteiger partial charge in [0.15, 0.2) is 5.82 Å².